The number of hydrogen-bond donors (Lipinski definition) is 0. The molecule has 9 heteroatoms. The van der Waals surface area contributed by atoms with Gasteiger partial charge in [0.25, 0.3) is 0 Å². The molecule has 1 aliphatic heterocycles. The number of pyridine rings is 1. The van der Waals surface area contributed by atoms with Crippen molar-refractivity contribution in [3.05, 3.63) is 60.0 Å². The summed E-state index contributed by atoms with van der Waals surface area (Å²) >= 11 is 0. The molecular formula is C45H63N5O4. The van der Waals surface area contributed by atoms with Gasteiger partial charge in [-0.25, -0.2) is 9.78 Å². The number of carbonyl (C=O) groups is 2. The van der Waals surface area contributed by atoms with Crippen LogP contribution in [-0.2, 0) is 20.5 Å². The van der Waals surface area contributed by atoms with Gasteiger partial charge in [0.05, 0.1) is 18.8 Å². The van der Waals surface area contributed by atoms with E-state index in [9.17, 15) is 9.59 Å². The molecule has 1 aromatic carbocycles. The van der Waals surface area contributed by atoms with Gasteiger partial charge in [0.1, 0.15) is 17.7 Å². The average molecular weight is 738 g/mol. The number of ether oxygens (including phenoxy) is 2. The highest BCUT2D eigenvalue weighted by Gasteiger charge is 2.51. The Kier molecular flexibility index (Phi) is 11.2. The van der Waals surface area contributed by atoms with Crippen molar-refractivity contribution in [1.29, 1.82) is 0 Å². The Labute approximate surface area is 323 Å². The van der Waals surface area contributed by atoms with Crippen LogP contribution in [0.3, 0.4) is 0 Å². The van der Waals surface area contributed by atoms with E-state index in [1.165, 1.54) is 11.1 Å². The Morgan fingerprint density at radius 1 is 0.926 bits per heavy atom. The molecule has 3 heterocycles. The molecule has 0 unspecified atom stereocenters. The first kappa shape index (κ1) is 38.4. The molecule has 5 fully saturated rings. The Morgan fingerprint density at radius 2 is 1.61 bits per heavy atom. The first-order valence-electron chi connectivity index (χ1n) is 20.9. The Hall–Kier alpha value is -3.88. The second-order valence-electron chi connectivity index (χ2n) is 17.7. The quantitative estimate of drug-likeness (QED) is 0.195. The molecule has 2 bridgehead atoms. The van der Waals surface area contributed by atoms with Crippen LogP contribution in [0.2, 0.25) is 0 Å². The minimum Gasteiger partial charge on any atom is -0.496 e. The summed E-state index contributed by atoms with van der Waals surface area (Å²) in [6.45, 7) is 13.3. The van der Waals surface area contributed by atoms with E-state index < -0.39 is 0 Å². The molecule has 54 heavy (non-hydrogen) atoms. The van der Waals surface area contributed by atoms with E-state index in [0.29, 0.717) is 12.5 Å². The van der Waals surface area contributed by atoms with Crippen LogP contribution in [-0.4, -0.2) is 64.5 Å². The Bertz CT molecular complexity index is 1760. The van der Waals surface area contributed by atoms with Crippen molar-refractivity contribution < 1.29 is 19.1 Å². The average Bonchev–Trinajstić information content (AvgIpc) is 3.72. The molecule has 0 N–H and O–H groups in total. The number of carbonyl (C=O) groups excluding carboxylic acids is 2. The zero-order chi connectivity index (χ0) is 38.1. The Balaban J connectivity index is 1.10. The lowest BCUT2D eigenvalue weighted by Gasteiger charge is -2.55. The van der Waals surface area contributed by atoms with E-state index in [1.54, 1.807) is 7.11 Å². The van der Waals surface area contributed by atoms with E-state index in [-0.39, 0.29) is 40.4 Å². The van der Waals surface area contributed by atoms with Crippen LogP contribution in [0.15, 0.2) is 48.9 Å². The van der Waals surface area contributed by atoms with Crippen LogP contribution in [0, 0.1) is 24.2 Å². The van der Waals surface area contributed by atoms with E-state index in [2.05, 4.69) is 74.7 Å². The van der Waals surface area contributed by atoms with Crippen LogP contribution < -0.4 is 9.64 Å². The van der Waals surface area contributed by atoms with Gasteiger partial charge in [-0.15, -0.1) is 0 Å². The fourth-order valence-electron chi connectivity index (χ4n) is 9.89. The molecule has 3 aromatic rings. The number of aryl methyl sites for hydroxylation is 1. The molecule has 4 aliphatic carbocycles. The maximum absolute atomic E-state index is 14.8. The van der Waals surface area contributed by atoms with Crippen LogP contribution in [0.25, 0.3) is 11.1 Å². The molecule has 8 rings (SSSR count). The number of hydrogen-bond acceptors (Lipinski definition) is 6. The van der Waals surface area contributed by atoms with Crippen molar-refractivity contribution in [1.82, 2.24) is 19.7 Å². The number of amides is 2. The number of fused-ring (bicyclic) bond motifs is 3. The number of rotatable bonds is 11. The summed E-state index contributed by atoms with van der Waals surface area (Å²) in [6.07, 6.45) is 19.2. The van der Waals surface area contributed by atoms with E-state index in [0.717, 1.165) is 126 Å². The SMILES string of the molecule is CCC(C)(CC)n1cc(-c2ccnc(N(CC34CCC(c5ccc(OC)c(C)c5)(CC3)CC4)C(=O)[C@H]3CC[C@H](OC(=O)N4CCC(C)CC4)CC3)c2)cn1. The third-order valence-electron chi connectivity index (χ3n) is 14.5. The lowest BCUT2D eigenvalue weighted by atomic mass is 9.51. The van der Waals surface area contributed by atoms with Crippen molar-refractivity contribution in [3.8, 4) is 16.9 Å². The van der Waals surface area contributed by atoms with Crippen LogP contribution in [0.1, 0.15) is 129 Å². The number of nitrogens with zero attached hydrogens (tertiary/aromatic N) is 5. The summed E-state index contributed by atoms with van der Waals surface area (Å²) < 4.78 is 13.7. The van der Waals surface area contributed by atoms with Gasteiger partial charge in [0.15, 0.2) is 0 Å². The number of piperidine rings is 1. The number of methoxy groups -OCH3 is 1. The van der Waals surface area contributed by atoms with Gasteiger partial charge in [-0.05, 0) is 155 Å². The van der Waals surface area contributed by atoms with Crippen LogP contribution in [0.4, 0.5) is 10.6 Å². The third kappa shape index (κ3) is 7.66. The van der Waals surface area contributed by atoms with Gasteiger partial charge in [0, 0.05) is 43.5 Å². The fraction of sp³-hybridized carbons (Fsp3) is 0.644. The maximum atomic E-state index is 14.8. The third-order valence-corrected chi connectivity index (χ3v) is 14.5. The molecule has 4 saturated carbocycles. The predicted molar refractivity (Wildman–Crippen MR) is 214 cm³/mol. The first-order chi connectivity index (χ1) is 26.0. The summed E-state index contributed by atoms with van der Waals surface area (Å²) in [6, 6.07) is 10.9. The largest absolute Gasteiger partial charge is 0.496 e. The van der Waals surface area contributed by atoms with Crippen LogP contribution >= 0.6 is 0 Å². The summed E-state index contributed by atoms with van der Waals surface area (Å²) in [5.74, 6) is 2.38. The van der Waals surface area contributed by atoms with Gasteiger partial charge in [-0.1, -0.05) is 32.9 Å². The number of benzene rings is 1. The second-order valence-corrected chi connectivity index (χ2v) is 17.7. The van der Waals surface area contributed by atoms with E-state index in [4.69, 9.17) is 19.6 Å². The maximum Gasteiger partial charge on any atom is 0.410 e. The predicted octanol–water partition coefficient (Wildman–Crippen LogP) is 9.85. The molecule has 9 nitrogen and oxygen atoms in total. The molecule has 0 radical (unpaired) electrons. The highest BCUT2D eigenvalue weighted by molar-refractivity contribution is 5.95. The molecule has 5 aliphatic rings. The first-order valence-corrected chi connectivity index (χ1v) is 20.9. The molecule has 1 saturated heterocycles. The summed E-state index contributed by atoms with van der Waals surface area (Å²) in [5, 5.41) is 4.79. The van der Waals surface area contributed by atoms with Gasteiger partial charge in [0.2, 0.25) is 5.91 Å². The summed E-state index contributed by atoms with van der Waals surface area (Å²) in [5.41, 5.74) is 4.91. The standard InChI is InChI=1S/C45H63N5O4/c1-7-43(5,8-2)50-30-36(29-47-50)35-15-24-46-40(28-35)49(41(51)34-9-12-38(13-10-34)54-42(52)48-25-16-32(3)17-26-48)31-44-18-21-45(22-19-44,23-20-44)37-11-14-39(53-6)33(4)27-37/h11,14-15,24,27-30,32,34,38H,7-10,12-13,16-23,25-26,31H2,1-6H3/t34-,38-,44?,45?. The van der Waals surface area contributed by atoms with E-state index in [1.807, 2.05) is 23.4 Å². The molecule has 292 valence electrons. The van der Waals surface area contributed by atoms with Crippen molar-refractivity contribution >= 4 is 17.8 Å². The summed E-state index contributed by atoms with van der Waals surface area (Å²) in [7, 11) is 1.74. The van der Waals surface area contributed by atoms with Crippen LogP contribution in [0.5, 0.6) is 5.75 Å². The zero-order valence-corrected chi connectivity index (χ0v) is 33.7. The second kappa shape index (κ2) is 15.7. The summed E-state index contributed by atoms with van der Waals surface area (Å²) in [4.78, 5) is 36.6. The topological polar surface area (TPSA) is 89.8 Å². The highest BCUT2D eigenvalue weighted by Crippen LogP contribution is 2.58. The molecule has 2 amide bonds. The molecular weight excluding hydrogens is 675 g/mol. The normalized spacial score (nSPS) is 26.1. The highest BCUT2D eigenvalue weighted by atomic mass is 16.6. The molecule has 2 aromatic heterocycles. The lowest BCUT2D eigenvalue weighted by Crippen LogP contribution is -2.52. The number of anilines is 1. The van der Waals surface area contributed by atoms with Crippen molar-refractivity contribution in [2.45, 2.75) is 142 Å². The number of aromatic nitrogens is 3. The minimum absolute atomic E-state index is 0.0451. The molecule has 0 spiro atoms. The van der Waals surface area contributed by atoms with Gasteiger partial charge >= 0.3 is 6.09 Å². The number of likely N-dealkylation sites (tertiary alicyclic amines) is 1. The van der Waals surface area contributed by atoms with Crippen molar-refractivity contribution in [3.63, 3.8) is 0 Å². The fourth-order valence-corrected chi connectivity index (χ4v) is 9.89. The zero-order valence-electron chi connectivity index (χ0n) is 33.7. The minimum atomic E-state index is -0.185. The monoisotopic (exact) mass is 737 g/mol. The van der Waals surface area contributed by atoms with Crippen molar-refractivity contribution in [2.75, 3.05) is 31.6 Å². The van der Waals surface area contributed by atoms with Gasteiger partial charge in [-0.3, -0.25) is 14.4 Å². The Morgan fingerprint density at radius 3 is 2.24 bits per heavy atom. The van der Waals surface area contributed by atoms with Gasteiger partial charge < -0.3 is 14.4 Å². The lowest BCUT2D eigenvalue weighted by molar-refractivity contribution is -0.124. The van der Waals surface area contributed by atoms with Crippen molar-refractivity contribution in [2.24, 2.45) is 17.3 Å². The smallest absolute Gasteiger partial charge is 0.410 e. The molecule has 0 atom stereocenters. The van der Waals surface area contributed by atoms with Gasteiger partial charge in [-0.2, -0.15) is 5.10 Å². The van der Waals surface area contributed by atoms with E-state index >= 15 is 0 Å².